The molecule has 1 aliphatic heterocycles. The molecule has 140 valence electrons. The summed E-state index contributed by atoms with van der Waals surface area (Å²) in [4.78, 5) is 14.5. The minimum absolute atomic E-state index is 0.111. The van der Waals surface area contributed by atoms with Crippen molar-refractivity contribution in [3.05, 3.63) is 48.3 Å². The Labute approximate surface area is 152 Å². The Bertz CT molecular complexity index is 880. The number of amides is 1. The molecule has 0 spiro atoms. The van der Waals surface area contributed by atoms with Crippen LogP contribution in [-0.4, -0.2) is 77.5 Å². The normalized spacial score (nSPS) is 20.7. The fourth-order valence-electron chi connectivity index (χ4n) is 3.04. The van der Waals surface area contributed by atoms with Crippen molar-refractivity contribution in [1.29, 1.82) is 0 Å². The topological polar surface area (TPSA) is 95.7 Å². The summed E-state index contributed by atoms with van der Waals surface area (Å²) in [6.45, 7) is 0.306. The number of β-amino-alcohol motifs (C(OH)–C–C–N with tert-alkyl or cyclic N) is 1. The van der Waals surface area contributed by atoms with Crippen LogP contribution in [0.25, 0.3) is 5.69 Å². The molecule has 1 aromatic carbocycles. The molecule has 0 aliphatic carbocycles. The minimum Gasteiger partial charge on any atom is -0.391 e. The quantitative estimate of drug-likeness (QED) is 0.802. The molecule has 1 fully saturated rings. The maximum absolute atomic E-state index is 13.0. The van der Waals surface area contributed by atoms with Crippen LogP contribution in [0.1, 0.15) is 10.4 Å². The summed E-state index contributed by atoms with van der Waals surface area (Å²) >= 11 is 0. The summed E-state index contributed by atoms with van der Waals surface area (Å²) in [5, 5.41) is 14.4. The minimum atomic E-state index is -3.45. The van der Waals surface area contributed by atoms with E-state index in [-0.39, 0.29) is 24.7 Å². The van der Waals surface area contributed by atoms with E-state index in [0.29, 0.717) is 11.3 Å². The van der Waals surface area contributed by atoms with Crippen molar-refractivity contribution in [2.45, 2.75) is 6.10 Å². The Hall–Kier alpha value is -2.23. The highest BCUT2D eigenvalue weighted by Crippen LogP contribution is 2.24. The lowest BCUT2D eigenvalue weighted by molar-refractivity contribution is 0.0764. The molecule has 8 nitrogen and oxygen atoms in total. The smallest absolute Gasteiger partial charge is 0.256 e. The summed E-state index contributed by atoms with van der Waals surface area (Å²) < 4.78 is 26.9. The molecule has 2 heterocycles. The molecule has 0 bridgehead atoms. The van der Waals surface area contributed by atoms with Crippen LogP contribution in [-0.2, 0) is 10.0 Å². The second kappa shape index (κ2) is 7.18. The van der Waals surface area contributed by atoms with Crippen molar-refractivity contribution in [3.63, 3.8) is 0 Å². The van der Waals surface area contributed by atoms with E-state index in [1.54, 1.807) is 41.3 Å². The van der Waals surface area contributed by atoms with Gasteiger partial charge in [-0.05, 0) is 18.2 Å². The third-order valence-corrected chi connectivity index (χ3v) is 6.52. The van der Waals surface area contributed by atoms with Gasteiger partial charge in [0.2, 0.25) is 10.0 Å². The number of sulfonamides is 1. The maximum atomic E-state index is 13.0. The number of aromatic nitrogens is 2. The van der Waals surface area contributed by atoms with Crippen molar-refractivity contribution >= 4 is 15.9 Å². The Morgan fingerprint density at radius 2 is 2.00 bits per heavy atom. The van der Waals surface area contributed by atoms with Crippen LogP contribution < -0.4 is 0 Å². The van der Waals surface area contributed by atoms with Gasteiger partial charge in [0.25, 0.3) is 5.91 Å². The third kappa shape index (κ3) is 3.64. The Morgan fingerprint density at radius 1 is 1.27 bits per heavy atom. The first kappa shape index (κ1) is 18.6. The Morgan fingerprint density at radius 3 is 2.65 bits per heavy atom. The molecule has 3 rings (SSSR count). The number of aliphatic hydroxyl groups is 1. The summed E-state index contributed by atoms with van der Waals surface area (Å²) in [5.74, 6) is -0.950. The summed E-state index contributed by atoms with van der Waals surface area (Å²) in [6, 6.07) is 8.85. The Kier molecular flexibility index (Phi) is 5.12. The predicted octanol–water partition coefficient (Wildman–Crippen LogP) is 0.197. The van der Waals surface area contributed by atoms with Gasteiger partial charge >= 0.3 is 0 Å². The van der Waals surface area contributed by atoms with Crippen molar-refractivity contribution < 1.29 is 18.3 Å². The van der Waals surface area contributed by atoms with Crippen LogP contribution in [0.15, 0.2) is 42.7 Å². The number of aliphatic hydroxyl groups excluding tert-OH is 1. The zero-order valence-corrected chi connectivity index (χ0v) is 15.5. The van der Waals surface area contributed by atoms with Gasteiger partial charge in [-0.15, -0.1) is 0 Å². The lowest BCUT2D eigenvalue weighted by atomic mass is 10.1. The molecule has 26 heavy (non-hydrogen) atoms. The molecule has 1 N–H and O–H groups in total. The van der Waals surface area contributed by atoms with Gasteiger partial charge in [0, 0.05) is 45.5 Å². The van der Waals surface area contributed by atoms with Gasteiger partial charge in [-0.2, -0.15) is 5.10 Å². The van der Waals surface area contributed by atoms with E-state index < -0.39 is 22.0 Å². The first-order chi connectivity index (χ1) is 12.3. The molecule has 0 saturated carbocycles. The SMILES string of the molecule is CN(C)S(=O)(=O)C[C@@H]1CN(C(=O)c2ccccc2-n2cccn2)C[C@H]1O. The van der Waals surface area contributed by atoms with E-state index >= 15 is 0 Å². The van der Waals surface area contributed by atoms with Crippen LogP contribution in [0.5, 0.6) is 0 Å². The van der Waals surface area contributed by atoms with Gasteiger partial charge in [0.05, 0.1) is 23.1 Å². The fourth-order valence-corrected chi connectivity index (χ4v) is 4.21. The average molecular weight is 378 g/mol. The van der Waals surface area contributed by atoms with Gasteiger partial charge in [-0.3, -0.25) is 4.79 Å². The molecule has 1 saturated heterocycles. The van der Waals surface area contributed by atoms with Crippen LogP contribution in [0, 0.1) is 5.92 Å². The van der Waals surface area contributed by atoms with E-state index in [4.69, 9.17) is 0 Å². The summed E-state index contributed by atoms with van der Waals surface area (Å²) in [7, 11) is -0.534. The predicted molar refractivity (Wildman–Crippen MR) is 96.4 cm³/mol. The molecular formula is C17H22N4O4S. The second-order valence-corrected chi connectivity index (χ2v) is 8.79. The van der Waals surface area contributed by atoms with E-state index in [2.05, 4.69) is 5.10 Å². The van der Waals surface area contributed by atoms with E-state index in [1.807, 2.05) is 6.07 Å². The van der Waals surface area contributed by atoms with Crippen LogP contribution in [0.3, 0.4) is 0 Å². The first-order valence-corrected chi connectivity index (χ1v) is 9.87. The monoisotopic (exact) mass is 378 g/mol. The third-order valence-electron chi connectivity index (χ3n) is 4.56. The number of hydrogen-bond donors (Lipinski definition) is 1. The van der Waals surface area contributed by atoms with Gasteiger partial charge in [0.15, 0.2) is 0 Å². The average Bonchev–Trinajstić information content (AvgIpc) is 3.24. The number of benzene rings is 1. The van der Waals surface area contributed by atoms with Gasteiger partial charge in [0.1, 0.15) is 0 Å². The molecule has 0 radical (unpaired) electrons. The van der Waals surface area contributed by atoms with Crippen molar-refractivity contribution in [1.82, 2.24) is 19.0 Å². The highest BCUT2D eigenvalue weighted by molar-refractivity contribution is 7.89. The lowest BCUT2D eigenvalue weighted by Gasteiger charge is -2.19. The number of carbonyl (C=O) groups excluding carboxylic acids is 1. The molecule has 1 aromatic heterocycles. The largest absolute Gasteiger partial charge is 0.391 e. The van der Waals surface area contributed by atoms with Crippen LogP contribution >= 0.6 is 0 Å². The molecule has 2 aromatic rings. The van der Waals surface area contributed by atoms with E-state index in [9.17, 15) is 18.3 Å². The molecule has 9 heteroatoms. The fraction of sp³-hybridized carbons (Fsp3) is 0.412. The lowest BCUT2D eigenvalue weighted by Crippen LogP contribution is -2.33. The summed E-state index contributed by atoms with van der Waals surface area (Å²) in [6.07, 6.45) is 2.51. The summed E-state index contributed by atoms with van der Waals surface area (Å²) in [5.41, 5.74) is 1.10. The van der Waals surface area contributed by atoms with Gasteiger partial charge in [-0.25, -0.2) is 17.4 Å². The number of para-hydroxylation sites is 1. The molecule has 1 aliphatic rings. The van der Waals surface area contributed by atoms with Crippen LogP contribution in [0.2, 0.25) is 0 Å². The number of hydrogen-bond acceptors (Lipinski definition) is 5. The molecular weight excluding hydrogens is 356 g/mol. The molecule has 2 atom stereocenters. The second-order valence-electron chi connectivity index (χ2n) is 6.57. The van der Waals surface area contributed by atoms with Crippen molar-refractivity contribution in [3.8, 4) is 5.69 Å². The van der Waals surface area contributed by atoms with E-state index in [1.165, 1.54) is 19.0 Å². The Balaban J connectivity index is 1.80. The van der Waals surface area contributed by atoms with Gasteiger partial charge in [-0.1, -0.05) is 12.1 Å². The maximum Gasteiger partial charge on any atom is 0.256 e. The number of carbonyl (C=O) groups is 1. The molecule has 0 unspecified atom stereocenters. The zero-order chi connectivity index (χ0) is 18.9. The molecule has 1 amide bonds. The number of rotatable bonds is 5. The van der Waals surface area contributed by atoms with E-state index in [0.717, 1.165) is 4.31 Å². The number of nitrogens with zero attached hydrogens (tertiary/aromatic N) is 4. The van der Waals surface area contributed by atoms with Crippen molar-refractivity contribution in [2.24, 2.45) is 5.92 Å². The number of likely N-dealkylation sites (tertiary alicyclic amines) is 1. The highest BCUT2D eigenvalue weighted by atomic mass is 32.2. The van der Waals surface area contributed by atoms with Crippen LogP contribution in [0.4, 0.5) is 0 Å². The zero-order valence-electron chi connectivity index (χ0n) is 14.7. The van der Waals surface area contributed by atoms with Crippen molar-refractivity contribution in [2.75, 3.05) is 32.9 Å². The van der Waals surface area contributed by atoms with Gasteiger partial charge < -0.3 is 10.0 Å². The first-order valence-electron chi connectivity index (χ1n) is 8.26. The standard InChI is InChI=1S/C17H22N4O4S/c1-19(2)26(24,25)12-13-10-20(11-16(13)22)17(23)14-6-3-4-7-15(14)21-9-5-8-18-21/h3-9,13,16,22H,10-12H2,1-2H3/t13-,16+/m0/s1. The highest BCUT2D eigenvalue weighted by Gasteiger charge is 2.38.